The second-order valence-electron chi connectivity index (χ2n) is 4.52. The third-order valence-electron chi connectivity index (χ3n) is 3.04. The van der Waals surface area contributed by atoms with Crippen LogP contribution in [0.2, 0.25) is 0 Å². The van der Waals surface area contributed by atoms with Gasteiger partial charge in [0.25, 0.3) is 0 Å². The third-order valence-corrected chi connectivity index (χ3v) is 3.04. The van der Waals surface area contributed by atoms with Crippen LogP contribution in [0.4, 0.5) is 8.78 Å². The van der Waals surface area contributed by atoms with E-state index in [0.717, 1.165) is 11.6 Å². The zero-order valence-corrected chi connectivity index (χ0v) is 11.4. The monoisotopic (exact) mass is 278 g/mol. The molecule has 2 rings (SSSR count). The quantitative estimate of drug-likeness (QED) is 0.923. The molecule has 0 fully saturated rings. The lowest BCUT2D eigenvalue weighted by Crippen LogP contribution is -2.07. The minimum Gasteiger partial charge on any atom is -0.493 e. The van der Waals surface area contributed by atoms with Crippen molar-refractivity contribution in [1.29, 1.82) is 0 Å². The molecule has 0 spiro atoms. The number of hydrogen-bond donors (Lipinski definition) is 1. The van der Waals surface area contributed by atoms with Crippen LogP contribution in [0.1, 0.15) is 29.7 Å². The molecule has 106 valence electrons. The molecule has 1 unspecified atom stereocenters. The Morgan fingerprint density at radius 3 is 2.60 bits per heavy atom. The van der Waals surface area contributed by atoms with Gasteiger partial charge in [-0.3, -0.25) is 0 Å². The van der Waals surface area contributed by atoms with Gasteiger partial charge in [0.2, 0.25) is 0 Å². The molecular formula is C16H16F2O2. The number of halogens is 2. The van der Waals surface area contributed by atoms with Crippen LogP contribution in [0.15, 0.2) is 36.4 Å². The molecule has 0 saturated carbocycles. The highest BCUT2D eigenvalue weighted by molar-refractivity contribution is 5.43. The molecule has 1 atom stereocenters. The van der Waals surface area contributed by atoms with Crippen molar-refractivity contribution in [3.05, 3.63) is 64.7 Å². The molecule has 0 aliphatic rings. The first kappa shape index (κ1) is 14.5. The lowest BCUT2D eigenvalue weighted by molar-refractivity contribution is 0.205. The SMILES string of the molecule is CCOc1ccc(C)cc1C(O)c1cccc(F)c1F. The van der Waals surface area contributed by atoms with Gasteiger partial charge in [0.1, 0.15) is 11.9 Å². The van der Waals surface area contributed by atoms with Crippen LogP contribution in [0.25, 0.3) is 0 Å². The van der Waals surface area contributed by atoms with Crippen LogP contribution < -0.4 is 4.74 Å². The summed E-state index contributed by atoms with van der Waals surface area (Å²) < 4.78 is 32.5. The minimum atomic E-state index is -1.27. The lowest BCUT2D eigenvalue weighted by Gasteiger charge is -2.17. The van der Waals surface area contributed by atoms with Crippen LogP contribution in [0.3, 0.4) is 0 Å². The fourth-order valence-corrected chi connectivity index (χ4v) is 2.07. The highest BCUT2D eigenvalue weighted by atomic mass is 19.2. The number of aliphatic hydroxyl groups is 1. The summed E-state index contributed by atoms with van der Waals surface area (Å²) in [6, 6.07) is 9.01. The molecular weight excluding hydrogens is 262 g/mol. The molecule has 0 bridgehead atoms. The van der Waals surface area contributed by atoms with Crippen LogP contribution >= 0.6 is 0 Å². The van der Waals surface area contributed by atoms with Gasteiger partial charge >= 0.3 is 0 Å². The second-order valence-corrected chi connectivity index (χ2v) is 4.52. The summed E-state index contributed by atoms with van der Waals surface area (Å²) in [4.78, 5) is 0. The predicted molar refractivity (Wildman–Crippen MR) is 72.8 cm³/mol. The molecule has 2 aromatic carbocycles. The van der Waals surface area contributed by atoms with Crippen molar-refractivity contribution in [2.75, 3.05) is 6.61 Å². The number of benzene rings is 2. The maximum absolute atomic E-state index is 13.8. The number of ether oxygens (including phenoxy) is 1. The van der Waals surface area contributed by atoms with Gasteiger partial charge in [-0.05, 0) is 32.0 Å². The van der Waals surface area contributed by atoms with Crippen LogP contribution in [0, 0.1) is 18.6 Å². The molecule has 2 aromatic rings. The van der Waals surface area contributed by atoms with E-state index < -0.39 is 17.7 Å². The highest BCUT2D eigenvalue weighted by Gasteiger charge is 2.21. The van der Waals surface area contributed by atoms with Gasteiger partial charge in [-0.25, -0.2) is 8.78 Å². The van der Waals surface area contributed by atoms with Gasteiger partial charge in [-0.15, -0.1) is 0 Å². The Kier molecular flexibility index (Phi) is 4.35. The van der Waals surface area contributed by atoms with Gasteiger partial charge in [0.05, 0.1) is 6.61 Å². The van der Waals surface area contributed by atoms with E-state index in [4.69, 9.17) is 4.74 Å². The first-order valence-corrected chi connectivity index (χ1v) is 6.40. The van der Waals surface area contributed by atoms with E-state index in [9.17, 15) is 13.9 Å². The summed E-state index contributed by atoms with van der Waals surface area (Å²) in [7, 11) is 0. The van der Waals surface area contributed by atoms with E-state index in [1.54, 1.807) is 12.1 Å². The fraction of sp³-hybridized carbons (Fsp3) is 0.250. The Bertz CT molecular complexity index is 611. The van der Waals surface area contributed by atoms with Gasteiger partial charge in [-0.1, -0.05) is 23.8 Å². The molecule has 0 saturated heterocycles. The summed E-state index contributed by atoms with van der Waals surface area (Å²) in [6.45, 7) is 4.10. The van der Waals surface area contributed by atoms with Crippen molar-refractivity contribution in [3.8, 4) is 5.75 Å². The van der Waals surface area contributed by atoms with Gasteiger partial charge < -0.3 is 9.84 Å². The maximum atomic E-state index is 13.8. The number of rotatable bonds is 4. The number of hydrogen-bond acceptors (Lipinski definition) is 2. The van der Waals surface area contributed by atoms with Crippen LogP contribution in [-0.4, -0.2) is 11.7 Å². The van der Waals surface area contributed by atoms with E-state index in [2.05, 4.69) is 0 Å². The van der Waals surface area contributed by atoms with E-state index in [0.29, 0.717) is 17.9 Å². The predicted octanol–water partition coefficient (Wildman–Crippen LogP) is 3.75. The Morgan fingerprint density at radius 1 is 1.15 bits per heavy atom. The topological polar surface area (TPSA) is 29.5 Å². The van der Waals surface area contributed by atoms with E-state index in [1.807, 2.05) is 19.9 Å². The minimum absolute atomic E-state index is 0.100. The van der Waals surface area contributed by atoms with Crippen LogP contribution in [-0.2, 0) is 0 Å². The molecule has 1 N–H and O–H groups in total. The average molecular weight is 278 g/mol. The molecule has 0 radical (unpaired) electrons. The van der Waals surface area contributed by atoms with Crippen molar-refractivity contribution in [3.63, 3.8) is 0 Å². The summed E-state index contributed by atoms with van der Waals surface area (Å²) in [5.41, 5.74) is 1.23. The smallest absolute Gasteiger partial charge is 0.164 e. The first-order valence-electron chi connectivity index (χ1n) is 6.40. The van der Waals surface area contributed by atoms with E-state index >= 15 is 0 Å². The molecule has 0 aromatic heterocycles. The van der Waals surface area contributed by atoms with E-state index in [1.165, 1.54) is 12.1 Å². The van der Waals surface area contributed by atoms with Gasteiger partial charge in [0.15, 0.2) is 11.6 Å². The Morgan fingerprint density at radius 2 is 1.90 bits per heavy atom. The molecule has 4 heteroatoms. The van der Waals surface area contributed by atoms with Crippen molar-refractivity contribution in [2.24, 2.45) is 0 Å². The molecule has 0 aliphatic carbocycles. The normalized spacial score (nSPS) is 12.2. The zero-order valence-electron chi connectivity index (χ0n) is 11.4. The zero-order chi connectivity index (χ0) is 14.7. The second kappa shape index (κ2) is 6.01. The molecule has 2 nitrogen and oxygen atoms in total. The number of aryl methyl sites for hydroxylation is 1. The first-order chi connectivity index (χ1) is 9.54. The number of aliphatic hydroxyl groups excluding tert-OH is 1. The van der Waals surface area contributed by atoms with Crippen molar-refractivity contribution in [1.82, 2.24) is 0 Å². The Balaban J connectivity index is 2.49. The molecule has 20 heavy (non-hydrogen) atoms. The standard InChI is InChI=1S/C16H16F2O2/c1-3-20-14-8-7-10(2)9-12(14)16(19)11-5-4-6-13(17)15(11)18/h4-9,16,19H,3H2,1-2H3. The largest absolute Gasteiger partial charge is 0.493 e. The summed E-state index contributed by atoms with van der Waals surface area (Å²) in [6.07, 6.45) is -1.27. The fourth-order valence-electron chi connectivity index (χ4n) is 2.07. The summed E-state index contributed by atoms with van der Waals surface area (Å²) in [5, 5.41) is 10.3. The Labute approximate surface area is 116 Å². The van der Waals surface area contributed by atoms with Crippen molar-refractivity contribution < 1.29 is 18.6 Å². The highest BCUT2D eigenvalue weighted by Crippen LogP contribution is 2.32. The van der Waals surface area contributed by atoms with Gasteiger partial charge in [0, 0.05) is 11.1 Å². The Hall–Kier alpha value is -1.94. The summed E-state index contributed by atoms with van der Waals surface area (Å²) >= 11 is 0. The van der Waals surface area contributed by atoms with Gasteiger partial charge in [-0.2, -0.15) is 0 Å². The van der Waals surface area contributed by atoms with Crippen molar-refractivity contribution in [2.45, 2.75) is 20.0 Å². The molecule has 0 heterocycles. The third kappa shape index (κ3) is 2.80. The van der Waals surface area contributed by atoms with E-state index in [-0.39, 0.29) is 5.56 Å². The van der Waals surface area contributed by atoms with Crippen molar-refractivity contribution >= 4 is 0 Å². The maximum Gasteiger partial charge on any atom is 0.164 e. The van der Waals surface area contributed by atoms with Crippen LogP contribution in [0.5, 0.6) is 5.75 Å². The summed E-state index contributed by atoms with van der Waals surface area (Å²) in [5.74, 6) is -1.55. The average Bonchev–Trinajstić information content (AvgIpc) is 2.43. The molecule has 0 amide bonds. The lowest BCUT2D eigenvalue weighted by atomic mass is 9.98. The molecule has 0 aliphatic heterocycles.